The lowest BCUT2D eigenvalue weighted by atomic mass is 10.3. The molecule has 1 aliphatic heterocycles. The van der Waals surface area contributed by atoms with E-state index < -0.39 is 11.6 Å². The minimum atomic E-state index is -0.972. The van der Waals surface area contributed by atoms with Gasteiger partial charge in [0, 0.05) is 13.1 Å². The summed E-state index contributed by atoms with van der Waals surface area (Å²) < 4.78 is 35.0. The molecule has 0 bridgehead atoms. The maximum absolute atomic E-state index is 13.9. The average Bonchev–Trinajstić information content (AvgIpc) is 3.34. The first kappa shape index (κ1) is 18.2. The number of aromatic nitrogens is 6. The molecular weight excluding hydrogens is 450 g/mol. The second-order valence-corrected chi connectivity index (χ2v) is 7.32. The third kappa shape index (κ3) is 3.27. The first-order valence-corrected chi connectivity index (χ1v) is 9.70. The van der Waals surface area contributed by atoms with E-state index in [1.807, 2.05) is 4.90 Å². The normalized spacial score (nSPS) is 14.8. The summed E-state index contributed by atoms with van der Waals surface area (Å²) in [5.74, 6) is -0.454. The van der Waals surface area contributed by atoms with Crippen LogP contribution in [0.1, 0.15) is 5.82 Å². The minimum absolute atomic E-state index is 0.0366. The number of rotatable bonds is 4. The molecule has 0 radical (unpaired) electrons. The minimum Gasteiger partial charge on any atom is -0.378 e. The summed E-state index contributed by atoms with van der Waals surface area (Å²) in [7, 11) is 0. The topological polar surface area (TPSA) is 96.3 Å². The standard InChI is InChI=1S/C17H15BrF2N8O/c18-9-7-22-28-15(9)25-17(27-3-5-29-6-4-27)26-16(28)21-8-12-23-11-2-1-10(19)13(20)14(11)24-12/h1-2,7H,3-6,8H2,(H,23,24)(H,21,25,26). The molecule has 1 aliphatic rings. The van der Waals surface area contributed by atoms with E-state index in [0.29, 0.717) is 55.2 Å². The molecule has 9 nitrogen and oxygen atoms in total. The number of benzene rings is 1. The maximum atomic E-state index is 13.9. The molecule has 12 heteroatoms. The Labute approximate surface area is 171 Å². The molecule has 4 aromatic rings. The SMILES string of the molecule is Fc1ccc2[nH]c(CNc3nc(N4CCOCC4)nc4c(Br)cnn34)nc2c1F. The summed E-state index contributed by atoms with van der Waals surface area (Å²) in [6, 6.07) is 2.52. The van der Waals surface area contributed by atoms with Gasteiger partial charge < -0.3 is 19.9 Å². The van der Waals surface area contributed by atoms with Gasteiger partial charge in [0.15, 0.2) is 17.3 Å². The van der Waals surface area contributed by atoms with Gasteiger partial charge in [-0.1, -0.05) is 0 Å². The van der Waals surface area contributed by atoms with E-state index in [1.165, 1.54) is 6.07 Å². The molecule has 1 saturated heterocycles. The zero-order chi connectivity index (χ0) is 20.0. The number of fused-ring (bicyclic) bond motifs is 2. The van der Waals surface area contributed by atoms with Gasteiger partial charge in [-0.05, 0) is 28.1 Å². The summed E-state index contributed by atoms with van der Waals surface area (Å²) >= 11 is 3.45. The van der Waals surface area contributed by atoms with Gasteiger partial charge in [-0.3, -0.25) is 0 Å². The Kier molecular flexibility index (Phi) is 4.51. The van der Waals surface area contributed by atoms with E-state index in [4.69, 9.17) is 4.74 Å². The number of hydrogen-bond acceptors (Lipinski definition) is 7. The summed E-state index contributed by atoms with van der Waals surface area (Å²) in [6.45, 7) is 2.81. The van der Waals surface area contributed by atoms with Gasteiger partial charge in [0.25, 0.3) is 0 Å². The number of anilines is 2. The molecule has 0 aliphatic carbocycles. The van der Waals surface area contributed by atoms with Crippen LogP contribution < -0.4 is 10.2 Å². The second kappa shape index (κ2) is 7.19. The lowest BCUT2D eigenvalue weighted by Crippen LogP contribution is -2.37. The third-order valence-corrected chi connectivity index (χ3v) is 5.18. The molecular formula is C17H15BrF2N8O. The Balaban J connectivity index is 1.47. The van der Waals surface area contributed by atoms with Crippen molar-refractivity contribution in [2.24, 2.45) is 0 Å². The van der Waals surface area contributed by atoms with Crippen molar-refractivity contribution in [2.75, 3.05) is 36.5 Å². The number of ether oxygens (including phenoxy) is 1. The lowest BCUT2D eigenvalue weighted by Gasteiger charge is -2.27. The highest BCUT2D eigenvalue weighted by atomic mass is 79.9. The molecule has 1 aromatic carbocycles. The van der Waals surface area contributed by atoms with E-state index in [0.717, 1.165) is 10.5 Å². The monoisotopic (exact) mass is 464 g/mol. The Morgan fingerprint density at radius 3 is 2.83 bits per heavy atom. The van der Waals surface area contributed by atoms with Gasteiger partial charge >= 0.3 is 0 Å². The molecule has 2 N–H and O–H groups in total. The van der Waals surface area contributed by atoms with Crippen LogP contribution in [-0.4, -0.2) is 55.9 Å². The van der Waals surface area contributed by atoms with Crippen molar-refractivity contribution in [1.29, 1.82) is 0 Å². The first-order valence-electron chi connectivity index (χ1n) is 8.90. The Morgan fingerprint density at radius 2 is 2.00 bits per heavy atom. The zero-order valence-electron chi connectivity index (χ0n) is 15.0. The predicted molar refractivity (Wildman–Crippen MR) is 105 cm³/mol. The van der Waals surface area contributed by atoms with Crippen LogP contribution in [0.3, 0.4) is 0 Å². The van der Waals surface area contributed by atoms with Crippen molar-refractivity contribution >= 4 is 44.5 Å². The molecule has 1 fully saturated rings. The van der Waals surface area contributed by atoms with E-state index in [-0.39, 0.29) is 12.1 Å². The van der Waals surface area contributed by atoms with Gasteiger partial charge in [0.1, 0.15) is 11.3 Å². The smallest absolute Gasteiger partial charge is 0.230 e. The molecule has 0 saturated carbocycles. The zero-order valence-corrected chi connectivity index (χ0v) is 16.6. The highest BCUT2D eigenvalue weighted by Gasteiger charge is 2.19. The van der Waals surface area contributed by atoms with Crippen LogP contribution in [0.25, 0.3) is 16.7 Å². The molecule has 3 aromatic heterocycles. The van der Waals surface area contributed by atoms with Crippen LogP contribution in [-0.2, 0) is 11.3 Å². The molecule has 29 heavy (non-hydrogen) atoms. The molecule has 0 atom stereocenters. The number of nitrogens with one attached hydrogen (secondary N) is 2. The number of aromatic amines is 1. The second-order valence-electron chi connectivity index (χ2n) is 6.47. The largest absolute Gasteiger partial charge is 0.378 e. The van der Waals surface area contributed by atoms with Gasteiger partial charge in [-0.25, -0.2) is 13.8 Å². The highest BCUT2D eigenvalue weighted by molar-refractivity contribution is 9.10. The quantitative estimate of drug-likeness (QED) is 0.478. The van der Waals surface area contributed by atoms with Gasteiger partial charge in [-0.2, -0.15) is 19.6 Å². The van der Waals surface area contributed by atoms with Crippen molar-refractivity contribution in [3.63, 3.8) is 0 Å². The summed E-state index contributed by atoms with van der Waals surface area (Å²) in [5, 5.41) is 7.44. The summed E-state index contributed by atoms with van der Waals surface area (Å²) in [6.07, 6.45) is 1.64. The number of H-pyrrole nitrogens is 1. The van der Waals surface area contributed by atoms with Crippen molar-refractivity contribution in [2.45, 2.75) is 6.54 Å². The number of hydrogen-bond donors (Lipinski definition) is 2. The van der Waals surface area contributed by atoms with Crippen LogP contribution in [0.2, 0.25) is 0 Å². The van der Waals surface area contributed by atoms with Crippen LogP contribution in [0.4, 0.5) is 20.7 Å². The fraction of sp³-hybridized carbons (Fsp3) is 0.294. The molecule has 0 unspecified atom stereocenters. The molecule has 150 valence electrons. The number of nitrogens with zero attached hydrogens (tertiary/aromatic N) is 6. The summed E-state index contributed by atoms with van der Waals surface area (Å²) in [4.78, 5) is 18.3. The highest BCUT2D eigenvalue weighted by Crippen LogP contribution is 2.23. The number of halogens is 3. The van der Waals surface area contributed by atoms with Crippen molar-refractivity contribution in [3.8, 4) is 0 Å². The fourth-order valence-corrected chi connectivity index (χ4v) is 3.52. The van der Waals surface area contributed by atoms with Crippen LogP contribution in [0.15, 0.2) is 22.8 Å². The van der Waals surface area contributed by atoms with Gasteiger partial charge in [0.2, 0.25) is 11.9 Å². The van der Waals surface area contributed by atoms with Gasteiger partial charge in [-0.15, -0.1) is 0 Å². The van der Waals surface area contributed by atoms with Crippen LogP contribution in [0.5, 0.6) is 0 Å². The summed E-state index contributed by atoms with van der Waals surface area (Å²) in [5.41, 5.74) is 0.997. The van der Waals surface area contributed by atoms with Crippen molar-refractivity contribution in [3.05, 3.63) is 40.3 Å². The fourth-order valence-electron chi connectivity index (χ4n) is 3.17. The maximum Gasteiger partial charge on any atom is 0.230 e. The van der Waals surface area contributed by atoms with E-state index >= 15 is 0 Å². The van der Waals surface area contributed by atoms with Crippen LogP contribution >= 0.6 is 15.9 Å². The molecule has 0 spiro atoms. The molecule has 0 amide bonds. The Hall–Kier alpha value is -2.86. The number of imidazole rings is 1. The number of morpholine rings is 1. The molecule has 5 rings (SSSR count). The lowest BCUT2D eigenvalue weighted by molar-refractivity contribution is 0.122. The predicted octanol–water partition coefficient (Wildman–Crippen LogP) is 2.49. The Bertz CT molecular complexity index is 1200. The van der Waals surface area contributed by atoms with Crippen molar-refractivity contribution in [1.82, 2.24) is 29.5 Å². The van der Waals surface area contributed by atoms with Crippen molar-refractivity contribution < 1.29 is 13.5 Å². The van der Waals surface area contributed by atoms with E-state index in [2.05, 4.69) is 46.3 Å². The average molecular weight is 465 g/mol. The van der Waals surface area contributed by atoms with Gasteiger partial charge in [0.05, 0.1) is 35.9 Å². The third-order valence-electron chi connectivity index (χ3n) is 4.62. The van der Waals surface area contributed by atoms with E-state index in [1.54, 1.807) is 10.7 Å². The van der Waals surface area contributed by atoms with Crippen LogP contribution in [0, 0.1) is 11.6 Å². The van der Waals surface area contributed by atoms with E-state index in [9.17, 15) is 8.78 Å². The Morgan fingerprint density at radius 1 is 1.17 bits per heavy atom. The first-order chi connectivity index (χ1) is 14.1. The molecule has 4 heterocycles.